The number of nitrogens with zero attached hydrogens (tertiary/aromatic N) is 1. The highest BCUT2D eigenvalue weighted by Gasteiger charge is 2.28. The number of aliphatic imine (C=N–C) groups is 1. The molecule has 1 heterocycles. The summed E-state index contributed by atoms with van der Waals surface area (Å²) in [4.78, 5) is 4.52. The molecule has 0 amide bonds. The fourth-order valence-electron chi connectivity index (χ4n) is 2.24. The molecular formula is C14H20ClN2O3P. The molecular weight excluding hydrogens is 311 g/mol. The van der Waals surface area contributed by atoms with Crippen LogP contribution in [0.3, 0.4) is 0 Å². The molecule has 0 fully saturated rings. The Morgan fingerprint density at radius 2 is 2.05 bits per heavy atom. The van der Waals surface area contributed by atoms with Crippen LogP contribution < -0.4 is 5.32 Å². The maximum absolute atomic E-state index is 12.7. The molecule has 0 aliphatic carbocycles. The second kappa shape index (κ2) is 7.41. The van der Waals surface area contributed by atoms with Crippen LogP contribution in [0.5, 0.6) is 0 Å². The molecule has 0 unspecified atom stereocenters. The Morgan fingerprint density at radius 1 is 1.33 bits per heavy atom. The molecule has 0 saturated heterocycles. The minimum Gasteiger partial charge on any atom is -0.381 e. The van der Waals surface area contributed by atoms with Crippen LogP contribution in [-0.4, -0.2) is 38.2 Å². The number of rotatable bonds is 6. The number of para-hydroxylation sites is 1. The van der Waals surface area contributed by atoms with Gasteiger partial charge >= 0.3 is 7.60 Å². The van der Waals surface area contributed by atoms with E-state index in [2.05, 4.69) is 10.3 Å². The van der Waals surface area contributed by atoms with Gasteiger partial charge in [0.05, 0.1) is 42.3 Å². The molecule has 0 spiro atoms. The minimum absolute atomic E-state index is 0.156. The molecule has 116 valence electrons. The summed E-state index contributed by atoms with van der Waals surface area (Å²) in [5, 5.41) is 3.88. The Balaban J connectivity index is 2.34. The van der Waals surface area contributed by atoms with Gasteiger partial charge in [-0.05, 0) is 19.9 Å². The third kappa shape index (κ3) is 4.07. The lowest BCUT2D eigenvalue weighted by molar-refractivity contribution is 0.223. The fraction of sp³-hybridized carbons (Fsp3) is 0.500. The van der Waals surface area contributed by atoms with Crippen molar-refractivity contribution in [2.45, 2.75) is 13.8 Å². The molecule has 1 N–H and O–H groups in total. The fourth-order valence-corrected chi connectivity index (χ4v) is 4.16. The van der Waals surface area contributed by atoms with Crippen LogP contribution in [0.4, 0.5) is 5.69 Å². The molecule has 1 aromatic rings. The summed E-state index contributed by atoms with van der Waals surface area (Å²) in [5.74, 6) is 0. The van der Waals surface area contributed by atoms with Gasteiger partial charge in [0.15, 0.2) is 0 Å². The van der Waals surface area contributed by atoms with Crippen molar-refractivity contribution in [3.05, 3.63) is 28.8 Å². The summed E-state index contributed by atoms with van der Waals surface area (Å²) in [5.41, 5.74) is 2.40. The number of nitrogens with one attached hydrogen (secondary N) is 1. The van der Waals surface area contributed by atoms with E-state index in [1.165, 1.54) is 0 Å². The topological polar surface area (TPSA) is 59.9 Å². The zero-order valence-corrected chi connectivity index (χ0v) is 13.9. The van der Waals surface area contributed by atoms with E-state index in [0.29, 0.717) is 37.0 Å². The molecule has 1 aliphatic heterocycles. The zero-order chi connectivity index (χ0) is 15.3. The first-order valence-corrected chi connectivity index (χ1v) is 9.14. The molecule has 0 atom stereocenters. The van der Waals surface area contributed by atoms with Crippen molar-refractivity contribution < 1.29 is 13.6 Å². The van der Waals surface area contributed by atoms with Crippen molar-refractivity contribution in [3.8, 4) is 0 Å². The summed E-state index contributed by atoms with van der Waals surface area (Å²) >= 11 is 6.22. The normalized spacial score (nSPS) is 14.9. The SMILES string of the molecule is CCOP(=O)(CC1=NCCNc2c(Cl)cccc21)OCC. The van der Waals surface area contributed by atoms with Crippen molar-refractivity contribution in [2.24, 2.45) is 4.99 Å². The number of benzene rings is 1. The summed E-state index contributed by atoms with van der Waals surface area (Å²) in [6.07, 6.45) is 0.156. The highest BCUT2D eigenvalue weighted by Crippen LogP contribution is 2.49. The minimum atomic E-state index is -3.18. The molecule has 2 rings (SSSR count). The van der Waals surface area contributed by atoms with Gasteiger partial charge in [0.2, 0.25) is 0 Å². The second-order valence-corrected chi connectivity index (χ2v) is 6.98. The monoisotopic (exact) mass is 330 g/mol. The molecule has 7 heteroatoms. The Hall–Kier alpha value is -0.870. The van der Waals surface area contributed by atoms with Crippen LogP contribution in [0, 0.1) is 0 Å². The lowest BCUT2D eigenvalue weighted by Crippen LogP contribution is -2.12. The molecule has 21 heavy (non-hydrogen) atoms. The summed E-state index contributed by atoms with van der Waals surface area (Å²) in [7, 11) is -3.18. The number of hydrogen-bond donors (Lipinski definition) is 1. The van der Waals surface area contributed by atoms with E-state index in [1.807, 2.05) is 18.2 Å². The smallest absolute Gasteiger partial charge is 0.336 e. The molecule has 1 aromatic carbocycles. The standard InChI is InChI=1S/C14H20ClN2O3P/c1-3-19-21(18,20-4-2)10-13-11-6-5-7-12(15)14(11)17-9-8-16-13/h5-7,17H,3-4,8-10H2,1-2H3. The Labute approximate surface area is 130 Å². The Morgan fingerprint density at radius 3 is 2.71 bits per heavy atom. The van der Waals surface area contributed by atoms with Crippen LogP contribution in [-0.2, 0) is 13.6 Å². The average Bonchev–Trinajstić information content (AvgIpc) is 2.63. The van der Waals surface area contributed by atoms with Crippen molar-refractivity contribution in [2.75, 3.05) is 37.8 Å². The van der Waals surface area contributed by atoms with E-state index in [9.17, 15) is 4.57 Å². The number of benzodiazepines with no additional fused rings is 1. The molecule has 1 aliphatic rings. The molecule has 0 bridgehead atoms. The first kappa shape index (κ1) is 16.5. The van der Waals surface area contributed by atoms with E-state index in [4.69, 9.17) is 20.6 Å². The third-order valence-electron chi connectivity index (χ3n) is 3.04. The summed E-state index contributed by atoms with van der Waals surface area (Å²) in [6.45, 7) is 5.56. The number of fused-ring (bicyclic) bond motifs is 1. The Bertz CT molecular complexity index is 567. The van der Waals surface area contributed by atoms with E-state index < -0.39 is 7.60 Å². The van der Waals surface area contributed by atoms with E-state index in [1.54, 1.807) is 13.8 Å². The van der Waals surface area contributed by atoms with Gasteiger partial charge in [0.1, 0.15) is 0 Å². The van der Waals surface area contributed by atoms with Crippen LogP contribution in [0.1, 0.15) is 19.4 Å². The van der Waals surface area contributed by atoms with Crippen molar-refractivity contribution in [1.29, 1.82) is 0 Å². The average molecular weight is 331 g/mol. The zero-order valence-electron chi connectivity index (χ0n) is 12.3. The maximum Gasteiger partial charge on any atom is 0.336 e. The van der Waals surface area contributed by atoms with Gasteiger partial charge in [0, 0.05) is 12.1 Å². The largest absolute Gasteiger partial charge is 0.381 e. The molecule has 0 aromatic heterocycles. The molecule has 5 nitrogen and oxygen atoms in total. The molecule has 0 radical (unpaired) electrons. The maximum atomic E-state index is 12.7. The van der Waals surface area contributed by atoms with Gasteiger partial charge < -0.3 is 14.4 Å². The van der Waals surface area contributed by atoms with Crippen LogP contribution in [0.15, 0.2) is 23.2 Å². The van der Waals surface area contributed by atoms with Crippen LogP contribution in [0.2, 0.25) is 5.02 Å². The summed E-state index contributed by atoms with van der Waals surface area (Å²) in [6, 6.07) is 5.59. The highest BCUT2D eigenvalue weighted by atomic mass is 35.5. The van der Waals surface area contributed by atoms with Gasteiger partial charge in [-0.2, -0.15) is 0 Å². The number of hydrogen-bond acceptors (Lipinski definition) is 5. The van der Waals surface area contributed by atoms with Gasteiger partial charge in [-0.1, -0.05) is 23.7 Å². The lowest BCUT2D eigenvalue weighted by Gasteiger charge is -2.19. The Kier molecular flexibility index (Phi) is 5.82. The first-order valence-electron chi connectivity index (χ1n) is 7.04. The summed E-state index contributed by atoms with van der Waals surface area (Å²) < 4.78 is 23.4. The van der Waals surface area contributed by atoms with Gasteiger partial charge in [-0.25, -0.2) is 0 Å². The van der Waals surface area contributed by atoms with Gasteiger partial charge in [-0.3, -0.25) is 9.56 Å². The second-order valence-electron chi connectivity index (χ2n) is 4.52. The van der Waals surface area contributed by atoms with Crippen molar-refractivity contribution in [3.63, 3.8) is 0 Å². The predicted octanol–water partition coefficient (Wildman–Crippen LogP) is 3.82. The highest BCUT2D eigenvalue weighted by molar-refractivity contribution is 7.55. The number of anilines is 1. The lowest BCUT2D eigenvalue weighted by atomic mass is 10.1. The van der Waals surface area contributed by atoms with Crippen molar-refractivity contribution in [1.82, 2.24) is 0 Å². The van der Waals surface area contributed by atoms with Gasteiger partial charge in [0.25, 0.3) is 0 Å². The molecule has 0 saturated carbocycles. The number of halogens is 1. The third-order valence-corrected chi connectivity index (χ3v) is 5.34. The van der Waals surface area contributed by atoms with Crippen LogP contribution in [0.25, 0.3) is 0 Å². The van der Waals surface area contributed by atoms with Gasteiger partial charge in [-0.15, -0.1) is 0 Å². The van der Waals surface area contributed by atoms with E-state index in [-0.39, 0.29) is 6.16 Å². The predicted molar refractivity (Wildman–Crippen MR) is 87.1 cm³/mol. The van der Waals surface area contributed by atoms with E-state index >= 15 is 0 Å². The van der Waals surface area contributed by atoms with Crippen molar-refractivity contribution >= 4 is 30.6 Å². The van der Waals surface area contributed by atoms with E-state index in [0.717, 1.165) is 11.3 Å². The van der Waals surface area contributed by atoms with Crippen LogP contribution >= 0.6 is 19.2 Å². The quantitative estimate of drug-likeness (QED) is 0.805. The first-order chi connectivity index (χ1) is 10.1.